The lowest BCUT2D eigenvalue weighted by atomic mass is 10.1. The molecule has 4 rings (SSSR count). The van der Waals surface area contributed by atoms with E-state index in [-0.39, 0.29) is 11.8 Å². The number of nitrogen functional groups attached to an aromatic ring is 1. The average molecular weight is 393 g/mol. The number of nitrogens with zero attached hydrogens (tertiary/aromatic N) is 1. The van der Waals surface area contributed by atoms with Gasteiger partial charge >= 0.3 is 5.69 Å². The first-order valence-corrected chi connectivity index (χ1v) is 10.1. The first-order valence-electron chi connectivity index (χ1n) is 10.1. The molecule has 0 spiro atoms. The van der Waals surface area contributed by atoms with E-state index in [2.05, 4.69) is 4.98 Å². The molecule has 29 heavy (non-hydrogen) atoms. The second-order valence-electron chi connectivity index (χ2n) is 7.64. The van der Waals surface area contributed by atoms with Crippen molar-refractivity contribution in [3.8, 4) is 11.5 Å². The molecule has 6 heteroatoms. The average Bonchev–Trinajstić information content (AvgIpc) is 3.34. The van der Waals surface area contributed by atoms with E-state index in [1.807, 2.05) is 48.7 Å². The topological polar surface area (TPSA) is 82.3 Å². The largest absolute Gasteiger partial charge is 0.493 e. The molecule has 3 N–H and O–H groups in total. The summed E-state index contributed by atoms with van der Waals surface area (Å²) in [4.78, 5) is 15.3. The third-order valence-electron chi connectivity index (χ3n) is 5.39. The van der Waals surface area contributed by atoms with Crippen molar-refractivity contribution in [1.29, 1.82) is 0 Å². The molecule has 0 atom stereocenters. The van der Waals surface area contributed by atoms with Crippen LogP contribution in [0.25, 0.3) is 0 Å². The lowest BCUT2D eigenvalue weighted by Gasteiger charge is -2.16. The summed E-state index contributed by atoms with van der Waals surface area (Å²) in [5, 5.41) is 0. The number of aromatic nitrogens is 2. The fourth-order valence-corrected chi connectivity index (χ4v) is 3.84. The number of hydrogen-bond donors (Lipinski definition) is 2. The molecule has 0 unspecified atom stereocenters. The molecule has 0 bridgehead atoms. The number of benzene rings is 2. The summed E-state index contributed by atoms with van der Waals surface area (Å²) in [6.07, 6.45) is 7.38. The van der Waals surface area contributed by atoms with Crippen LogP contribution < -0.4 is 20.9 Å². The van der Waals surface area contributed by atoms with Crippen LogP contribution in [0.5, 0.6) is 11.5 Å². The Balaban J connectivity index is 1.50. The standard InChI is InChI=1S/C23H27N3O3/c1-28-21-11-8-17(13-22(21)29-20-4-2-3-5-20)12-19-15-26(23(27)25-19)14-16-6-9-18(24)10-7-16/h6-11,13,15,20H,2-5,12,14,24H2,1H3,(H,25,27). The maximum atomic E-state index is 12.3. The molecular weight excluding hydrogens is 366 g/mol. The molecule has 0 radical (unpaired) electrons. The minimum Gasteiger partial charge on any atom is -0.493 e. The number of rotatable bonds is 7. The number of imidazole rings is 1. The van der Waals surface area contributed by atoms with Crippen LogP contribution in [0.15, 0.2) is 53.5 Å². The van der Waals surface area contributed by atoms with E-state index in [4.69, 9.17) is 15.2 Å². The summed E-state index contributed by atoms with van der Waals surface area (Å²) in [7, 11) is 1.66. The van der Waals surface area contributed by atoms with E-state index in [0.29, 0.717) is 18.7 Å². The Morgan fingerprint density at radius 3 is 2.52 bits per heavy atom. The van der Waals surface area contributed by atoms with Crippen LogP contribution in [0.1, 0.15) is 42.5 Å². The molecule has 6 nitrogen and oxygen atoms in total. The molecule has 0 amide bonds. The van der Waals surface area contributed by atoms with E-state index < -0.39 is 0 Å². The van der Waals surface area contributed by atoms with Gasteiger partial charge in [0.25, 0.3) is 0 Å². The van der Waals surface area contributed by atoms with Crippen molar-refractivity contribution in [1.82, 2.24) is 9.55 Å². The molecule has 152 valence electrons. The second-order valence-corrected chi connectivity index (χ2v) is 7.64. The summed E-state index contributed by atoms with van der Waals surface area (Å²) in [5.74, 6) is 1.52. The van der Waals surface area contributed by atoms with Crippen LogP contribution in [0.2, 0.25) is 0 Å². The molecule has 0 saturated heterocycles. The van der Waals surface area contributed by atoms with Crippen molar-refractivity contribution in [3.63, 3.8) is 0 Å². The normalized spacial score (nSPS) is 14.2. The maximum absolute atomic E-state index is 12.3. The summed E-state index contributed by atoms with van der Waals surface area (Å²) in [5.41, 5.74) is 9.29. The van der Waals surface area contributed by atoms with Crippen molar-refractivity contribution in [2.24, 2.45) is 0 Å². The number of ether oxygens (including phenoxy) is 2. The highest BCUT2D eigenvalue weighted by atomic mass is 16.5. The van der Waals surface area contributed by atoms with Crippen molar-refractivity contribution in [2.45, 2.75) is 44.8 Å². The van der Waals surface area contributed by atoms with Gasteiger partial charge in [-0.2, -0.15) is 0 Å². The molecule has 0 aliphatic heterocycles. The van der Waals surface area contributed by atoms with Gasteiger partial charge in [0.2, 0.25) is 0 Å². The van der Waals surface area contributed by atoms with Gasteiger partial charge in [0, 0.05) is 24.0 Å². The number of aromatic amines is 1. The number of anilines is 1. The second kappa shape index (κ2) is 8.47. The minimum atomic E-state index is -0.118. The highest BCUT2D eigenvalue weighted by molar-refractivity contribution is 5.44. The number of methoxy groups -OCH3 is 1. The Kier molecular flexibility index (Phi) is 5.60. The quantitative estimate of drug-likeness (QED) is 0.599. The highest BCUT2D eigenvalue weighted by Gasteiger charge is 2.19. The van der Waals surface area contributed by atoms with E-state index in [1.54, 1.807) is 11.7 Å². The molecule has 2 aromatic carbocycles. The lowest BCUT2D eigenvalue weighted by molar-refractivity contribution is 0.200. The van der Waals surface area contributed by atoms with Gasteiger partial charge in [-0.15, -0.1) is 0 Å². The van der Waals surface area contributed by atoms with Gasteiger partial charge < -0.3 is 20.2 Å². The zero-order chi connectivity index (χ0) is 20.2. The number of hydrogen-bond acceptors (Lipinski definition) is 4. The first-order chi connectivity index (χ1) is 14.1. The minimum absolute atomic E-state index is 0.118. The van der Waals surface area contributed by atoms with Crippen molar-refractivity contribution in [3.05, 3.63) is 76.0 Å². The fourth-order valence-electron chi connectivity index (χ4n) is 3.84. The Morgan fingerprint density at radius 1 is 1.07 bits per heavy atom. The fraction of sp³-hybridized carbons (Fsp3) is 0.348. The number of H-pyrrole nitrogens is 1. The van der Waals surface area contributed by atoms with E-state index in [1.165, 1.54) is 12.8 Å². The highest BCUT2D eigenvalue weighted by Crippen LogP contribution is 2.32. The Morgan fingerprint density at radius 2 is 1.79 bits per heavy atom. The number of nitrogens with two attached hydrogens (primary N) is 1. The predicted molar refractivity (Wildman–Crippen MR) is 114 cm³/mol. The molecule has 1 heterocycles. The summed E-state index contributed by atoms with van der Waals surface area (Å²) in [6, 6.07) is 13.5. The third kappa shape index (κ3) is 4.65. The Hall–Kier alpha value is -3.15. The number of nitrogens with one attached hydrogen (secondary N) is 1. The van der Waals surface area contributed by atoms with Gasteiger partial charge in [-0.1, -0.05) is 18.2 Å². The summed E-state index contributed by atoms with van der Waals surface area (Å²) >= 11 is 0. The first kappa shape index (κ1) is 19.2. The van der Waals surface area contributed by atoms with Crippen LogP contribution in [-0.2, 0) is 13.0 Å². The van der Waals surface area contributed by atoms with Gasteiger partial charge in [0.1, 0.15) is 0 Å². The van der Waals surface area contributed by atoms with Crippen LogP contribution in [0.3, 0.4) is 0 Å². The Labute approximate surface area is 170 Å². The molecule has 1 aliphatic carbocycles. The Bertz CT molecular complexity index is 1010. The third-order valence-corrected chi connectivity index (χ3v) is 5.39. The SMILES string of the molecule is COc1ccc(Cc2cn(Cc3ccc(N)cc3)c(=O)[nH]2)cc1OC1CCCC1. The van der Waals surface area contributed by atoms with Crippen LogP contribution in [0, 0.1) is 0 Å². The molecule has 1 saturated carbocycles. The molecule has 1 aromatic heterocycles. The van der Waals surface area contributed by atoms with Crippen molar-refractivity contribution >= 4 is 5.69 Å². The monoisotopic (exact) mass is 393 g/mol. The predicted octanol–water partition coefficient (Wildman–Crippen LogP) is 3.73. The van der Waals surface area contributed by atoms with Gasteiger partial charge in [0.05, 0.1) is 19.8 Å². The summed E-state index contributed by atoms with van der Waals surface area (Å²) < 4.78 is 13.3. The van der Waals surface area contributed by atoms with Gasteiger partial charge in [0.15, 0.2) is 11.5 Å². The maximum Gasteiger partial charge on any atom is 0.326 e. The molecule has 3 aromatic rings. The van der Waals surface area contributed by atoms with Crippen LogP contribution in [-0.4, -0.2) is 22.8 Å². The van der Waals surface area contributed by atoms with Crippen molar-refractivity contribution in [2.75, 3.05) is 12.8 Å². The zero-order valence-electron chi connectivity index (χ0n) is 16.7. The molecule has 1 fully saturated rings. The zero-order valence-corrected chi connectivity index (χ0v) is 16.7. The van der Waals surface area contributed by atoms with Gasteiger partial charge in [-0.3, -0.25) is 4.57 Å². The van der Waals surface area contributed by atoms with E-state index in [9.17, 15) is 4.79 Å². The molecular formula is C23H27N3O3. The smallest absolute Gasteiger partial charge is 0.326 e. The van der Waals surface area contributed by atoms with Crippen LogP contribution in [0.4, 0.5) is 5.69 Å². The summed E-state index contributed by atoms with van der Waals surface area (Å²) in [6.45, 7) is 0.508. The van der Waals surface area contributed by atoms with E-state index >= 15 is 0 Å². The van der Waals surface area contributed by atoms with Gasteiger partial charge in [-0.25, -0.2) is 4.79 Å². The lowest BCUT2D eigenvalue weighted by Crippen LogP contribution is -2.16. The van der Waals surface area contributed by atoms with Crippen LogP contribution >= 0.6 is 0 Å². The van der Waals surface area contributed by atoms with E-state index in [0.717, 1.165) is 41.2 Å². The van der Waals surface area contributed by atoms with Crippen molar-refractivity contribution < 1.29 is 9.47 Å². The van der Waals surface area contributed by atoms with Gasteiger partial charge in [-0.05, 0) is 61.1 Å². The molecule has 1 aliphatic rings.